The molecule has 2 aromatic rings. The molecule has 0 aliphatic carbocycles. The first-order valence-electron chi connectivity index (χ1n) is 7.37. The third-order valence-corrected chi connectivity index (χ3v) is 3.74. The van der Waals surface area contributed by atoms with Crippen LogP contribution in [-0.2, 0) is 11.3 Å². The molecule has 0 saturated heterocycles. The lowest BCUT2D eigenvalue weighted by molar-refractivity contribution is -0.383. The van der Waals surface area contributed by atoms with E-state index >= 15 is 0 Å². The summed E-state index contributed by atoms with van der Waals surface area (Å²) in [5.41, 5.74) is 0.873. The number of nitrogens with zero attached hydrogens (tertiary/aromatic N) is 2. The highest BCUT2D eigenvalue weighted by Crippen LogP contribution is 2.23. The zero-order valence-corrected chi connectivity index (χ0v) is 13.4. The number of amides is 1. The quantitative estimate of drug-likeness (QED) is 0.651. The van der Waals surface area contributed by atoms with Crippen LogP contribution in [0.5, 0.6) is 0 Å². The summed E-state index contributed by atoms with van der Waals surface area (Å²) in [6.07, 6.45) is 0. The summed E-state index contributed by atoms with van der Waals surface area (Å²) in [6.45, 7) is 2.15. The number of nitro groups is 1. The number of nitrogens with one attached hydrogen (secondary N) is 1. The van der Waals surface area contributed by atoms with Crippen LogP contribution in [0, 0.1) is 15.9 Å². The van der Waals surface area contributed by atoms with E-state index in [4.69, 9.17) is 0 Å². The first-order valence-corrected chi connectivity index (χ1v) is 7.37. The van der Waals surface area contributed by atoms with Crippen molar-refractivity contribution in [1.82, 2.24) is 4.90 Å². The highest BCUT2D eigenvalue weighted by Gasteiger charge is 2.21. The molecule has 0 fully saturated rings. The Morgan fingerprint density at radius 1 is 1.25 bits per heavy atom. The highest BCUT2D eigenvalue weighted by molar-refractivity contribution is 5.96. The van der Waals surface area contributed by atoms with E-state index in [2.05, 4.69) is 5.32 Å². The predicted octanol–water partition coefficient (Wildman–Crippen LogP) is 3.19. The summed E-state index contributed by atoms with van der Waals surface area (Å²) >= 11 is 0. The Morgan fingerprint density at radius 3 is 2.50 bits per heavy atom. The maximum atomic E-state index is 12.9. The molecule has 6 nitrogen and oxygen atoms in total. The Balaban J connectivity index is 2.04. The summed E-state index contributed by atoms with van der Waals surface area (Å²) in [5.74, 6) is -0.669. The van der Waals surface area contributed by atoms with Gasteiger partial charge in [0.2, 0.25) is 5.91 Å². The third-order valence-electron chi connectivity index (χ3n) is 3.74. The second-order valence-electron chi connectivity index (χ2n) is 5.48. The van der Waals surface area contributed by atoms with Gasteiger partial charge in [-0.1, -0.05) is 24.3 Å². The second kappa shape index (κ2) is 7.65. The minimum atomic E-state index is -0.539. The van der Waals surface area contributed by atoms with Gasteiger partial charge in [0.25, 0.3) is 5.69 Å². The van der Waals surface area contributed by atoms with Crippen LogP contribution in [0.2, 0.25) is 0 Å². The SMILES string of the molecule is C[C@H](C(=O)Nc1ccccc1[N+](=O)[O-])N(C)Cc1ccc(F)cc1. The van der Waals surface area contributed by atoms with Crippen LogP contribution in [0.15, 0.2) is 48.5 Å². The lowest BCUT2D eigenvalue weighted by Crippen LogP contribution is -2.39. The Kier molecular flexibility index (Phi) is 5.59. The standard InChI is InChI=1S/C17H18FN3O3/c1-12(20(2)11-13-7-9-14(18)10-8-13)17(22)19-15-5-3-4-6-16(15)21(23)24/h3-10,12H,11H2,1-2H3,(H,19,22)/t12-/m1/s1. The zero-order chi connectivity index (χ0) is 17.7. The largest absolute Gasteiger partial charge is 0.319 e. The number of hydrogen-bond acceptors (Lipinski definition) is 4. The van der Waals surface area contributed by atoms with Gasteiger partial charge in [-0.25, -0.2) is 4.39 Å². The third kappa shape index (κ3) is 4.36. The summed E-state index contributed by atoms with van der Waals surface area (Å²) in [6, 6.07) is 11.5. The van der Waals surface area contributed by atoms with Crippen LogP contribution in [0.25, 0.3) is 0 Å². The minimum Gasteiger partial charge on any atom is -0.319 e. The van der Waals surface area contributed by atoms with Gasteiger partial charge in [0.1, 0.15) is 11.5 Å². The van der Waals surface area contributed by atoms with E-state index in [1.54, 1.807) is 37.1 Å². The number of hydrogen-bond donors (Lipinski definition) is 1. The smallest absolute Gasteiger partial charge is 0.292 e. The molecule has 2 rings (SSSR count). The number of likely N-dealkylation sites (N-methyl/N-ethyl adjacent to an activating group) is 1. The van der Waals surface area contributed by atoms with Gasteiger partial charge in [0.05, 0.1) is 11.0 Å². The summed E-state index contributed by atoms with van der Waals surface area (Å²) in [7, 11) is 1.76. The first kappa shape index (κ1) is 17.6. The number of anilines is 1. The Labute approximate surface area is 139 Å². The van der Waals surface area contributed by atoms with Gasteiger partial charge in [0.15, 0.2) is 0 Å². The van der Waals surface area contributed by atoms with Crippen LogP contribution in [0.3, 0.4) is 0 Å². The Morgan fingerprint density at radius 2 is 1.88 bits per heavy atom. The molecule has 0 heterocycles. The molecule has 1 amide bonds. The van der Waals surface area contributed by atoms with E-state index in [0.29, 0.717) is 6.54 Å². The molecule has 0 aliphatic heterocycles. The molecule has 0 aliphatic rings. The van der Waals surface area contributed by atoms with Crippen molar-refractivity contribution < 1.29 is 14.1 Å². The van der Waals surface area contributed by atoms with Crippen molar-refractivity contribution in [2.45, 2.75) is 19.5 Å². The molecule has 2 aromatic carbocycles. The summed E-state index contributed by atoms with van der Waals surface area (Å²) < 4.78 is 12.9. The number of rotatable bonds is 6. The van der Waals surface area contributed by atoms with Crippen molar-refractivity contribution in [1.29, 1.82) is 0 Å². The fourth-order valence-electron chi connectivity index (χ4n) is 2.19. The van der Waals surface area contributed by atoms with Gasteiger partial charge in [0, 0.05) is 12.6 Å². The highest BCUT2D eigenvalue weighted by atomic mass is 19.1. The lowest BCUT2D eigenvalue weighted by atomic mass is 10.1. The minimum absolute atomic E-state index is 0.153. The predicted molar refractivity (Wildman–Crippen MR) is 89.1 cm³/mol. The maximum Gasteiger partial charge on any atom is 0.292 e. The van der Waals surface area contributed by atoms with Gasteiger partial charge >= 0.3 is 0 Å². The van der Waals surface area contributed by atoms with E-state index in [1.807, 2.05) is 0 Å². The summed E-state index contributed by atoms with van der Waals surface area (Å²) in [4.78, 5) is 24.6. The van der Waals surface area contributed by atoms with Crippen LogP contribution < -0.4 is 5.32 Å². The van der Waals surface area contributed by atoms with E-state index in [-0.39, 0.29) is 23.1 Å². The topological polar surface area (TPSA) is 75.5 Å². The van der Waals surface area contributed by atoms with Crippen LogP contribution in [-0.4, -0.2) is 28.8 Å². The van der Waals surface area contributed by atoms with Crippen molar-refractivity contribution in [3.63, 3.8) is 0 Å². The summed E-state index contributed by atoms with van der Waals surface area (Å²) in [5, 5.41) is 13.6. The molecule has 0 saturated carbocycles. The number of carbonyl (C=O) groups is 1. The molecule has 126 valence electrons. The zero-order valence-electron chi connectivity index (χ0n) is 13.4. The number of benzene rings is 2. The fourth-order valence-corrected chi connectivity index (χ4v) is 2.19. The van der Waals surface area contributed by atoms with Crippen molar-refractivity contribution in [3.05, 3.63) is 70.0 Å². The maximum absolute atomic E-state index is 12.9. The Bertz CT molecular complexity index is 734. The number of para-hydroxylation sites is 2. The molecule has 0 unspecified atom stereocenters. The van der Waals surface area contributed by atoms with Crippen molar-refractivity contribution in [2.24, 2.45) is 0 Å². The van der Waals surface area contributed by atoms with Gasteiger partial charge in [-0.05, 0) is 37.7 Å². The molecule has 0 aromatic heterocycles. The normalized spacial score (nSPS) is 12.0. The van der Waals surface area contributed by atoms with Crippen LogP contribution in [0.4, 0.5) is 15.8 Å². The van der Waals surface area contributed by atoms with Crippen molar-refractivity contribution in [3.8, 4) is 0 Å². The Hall–Kier alpha value is -2.80. The monoisotopic (exact) mass is 331 g/mol. The van der Waals surface area contributed by atoms with Crippen LogP contribution in [0.1, 0.15) is 12.5 Å². The molecule has 24 heavy (non-hydrogen) atoms. The molecule has 7 heteroatoms. The van der Waals surface area contributed by atoms with E-state index in [9.17, 15) is 19.3 Å². The number of halogens is 1. The molecular formula is C17H18FN3O3. The average molecular weight is 331 g/mol. The van der Waals surface area contributed by atoms with Crippen LogP contribution >= 0.6 is 0 Å². The molecular weight excluding hydrogens is 313 g/mol. The fraction of sp³-hybridized carbons (Fsp3) is 0.235. The number of carbonyl (C=O) groups excluding carboxylic acids is 1. The van der Waals surface area contributed by atoms with E-state index in [0.717, 1.165) is 5.56 Å². The van der Waals surface area contributed by atoms with Gasteiger partial charge in [-0.3, -0.25) is 19.8 Å². The molecule has 0 radical (unpaired) electrons. The second-order valence-corrected chi connectivity index (χ2v) is 5.48. The first-order chi connectivity index (χ1) is 11.4. The molecule has 0 spiro atoms. The van der Waals surface area contributed by atoms with Gasteiger partial charge in [-0.15, -0.1) is 0 Å². The van der Waals surface area contributed by atoms with Crippen molar-refractivity contribution in [2.75, 3.05) is 12.4 Å². The van der Waals surface area contributed by atoms with E-state index < -0.39 is 11.0 Å². The van der Waals surface area contributed by atoms with Crippen molar-refractivity contribution >= 4 is 17.3 Å². The lowest BCUT2D eigenvalue weighted by Gasteiger charge is -2.23. The molecule has 1 atom stereocenters. The van der Waals surface area contributed by atoms with Gasteiger partial charge in [-0.2, -0.15) is 0 Å². The molecule has 0 bridgehead atoms. The number of nitro benzene ring substituents is 1. The average Bonchev–Trinajstić information content (AvgIpc) is 2.56. The van der Waals surface area contributed by atoms with E-state index in [1.165, 1.54) is 30.3 Å². The molecule has 1 N–H and O–H groups in total. The van der Waals surface area contributed by atoms with Gasteiger partial charge < -0.3 is 5.32 Å².